The molecule has 6 nitrogen and oxygen atoms in total. The number of nitrogens with one attached hydrogen (secondary N) is 1. The fourth-order valence-electron chi connectivity index (χ4n) is 3.41. The number of aryl methyl sites for hydroxylation is 1. The molecule has 1 aliphatic rings. The Balaban J connectivity index is 2.01. The van der Waals surface area contributed by atoms with Crippen LogP contribution in [0.5, 0.6) is 0 Å². The SMILES string of the molecule is CCN1CCC[C@H]1CN(CC(=O)Nc1ccc(C)c(Cl)c1)CC(=O)N(C)C. The van der Waals surface area contributed by atoms with Crippen LogP contribution in [0.4, 0.5) is 5.69 Å². The fourth-order valence-corrected chi connectivity index (χ4v) is 3.59. The Kier molecular flexibility index (Phi) is 8.07. The first kappa shape index (κ1) is 21.7. The Morgan fingerprint density at radius 1 is 1.30 bits per heavy atom. The maximum atomic E-state index is 12.6. The number of hydrogen-bond donors (Lipinski definition) is 1. The minimum Gasteiger partial charge on any atom is -0.348 e. The van der Waals surface area contributed by atoms with Crippen molar-refractivity contribution in [3.05, 3.63) is 28.8 Å². The molecule has 1 heterocycles. The summed E-state index contributed by atoms with van der Waals surface area (Å²) in [7, 11) is 3.48. The molecule has 1 N–H and O–H groups in total. The van der Waals surface area contributed by atoms with E-state index >= 15 is 0 Å². The number of hydrogen-bond acceptors (Lipinski definition) is 4. The molecule has 2 rings (SSSR count). The summed E-state index contributed by atoms with van der Waals surface area (Å²) in [5.74, 6) is -0.134. The summed E-state index contributed by atoms with van der Waals surface area (Å²) in [6.07, 6.45) is 2.28. The third-order valence-corrected chi connectivity index (χ3v) is 5.46. The quantitative estimate of drug-likeness (QED) is 0.735. The van der Waals surface area contributed by atoms with Crippen molar-refractivity contribution >= 4 is 29.1 Å². The van der Waals surface area contributed by atoms with Gasteiger partial charge in [-0.05, 0) is 50.6 Å². The Bertz CT molecular complexity index is 665. The van der Waals surface area contributed by atoms with Crippen LogP contribution in [0.1, 0.15) is 25.3 Å². The second-order valence-corrected chi connectivity index (χ2v) is 7.80. The zero-order valence-electron chi connectivity index (χ0n) is 16.8. The Morgan fingerprint density at radius 3 is 2.67 bits per heavy atom. The molecule has 1 saturated heterocycles. The van der Waals surface area contributed by atoms with E-state index in [1.54, 1.807) is 25.1 Å². The van der Waals surface area contributed by atoms with Gasteiger partial charge in [0.1, 0.15) is 0 Å². The van der Waals surface area contributed by atoms with Gasteiger partial charge in [0.05, 0.1) is 13.1 Å². The number of carbonyl (C=O) groups excluding carboxylic acids is 2. The topological polar surface area (TPSA) is 55.9 Å². The molecule has 7 heteroatoms. The van der Waals surface area contributed by atoms with Crippen molar-refractivity contribution in [2.24, 2.45) is 0 Å². The molecule has 0 spiro atoms. The molecule has 2 amide bonds. The number of carbonyl (C=O) groups is 2. The number of benzene rings is 1. The summed E-state index contributed by atoms with van der Waals surface area (Å²) < 4.78 is 0. The van der Waals surface area contributed by atoms with Crippen molar-refractivity contribution in [1.29, 1.82) is 0 Å². The number of halogens is 1. The van der Waals surface area contributed by atoms with Gasteiger partial charge in [0.25, 0.3) is 0 Å². The minimum atomic E-state index is -0.137. The molecule has 150 valence electrons. The summed E-state index contributed by atoms with van der Waals surface area (Å²) in [6.45, 7) is 7.29. The predicted octanol–water partition coefficient (Wildman–Crippen LogP) is 2.46. The highest BCUT2D eigenvalue weighted by Crippen LogP contribution is 2.20. The zero-order chi connectivity index (χ0) is 20.0. The van der Waals surface area contributed by atoms with Gasteiger partial charge in [-0.2, -0.15) is 0 Å². The lowest BCUT2D eigenvalue weighted by Crippen LogP contribution is -2.47. The standard InChI is InChI=1S/C20H31ClN4O2/c1-5-25-10-6-7-17(25)12-24(14-20(27)23(3)4)13-19(26)22-16-9-8-15(2)18(21)11-16/h8-9,11,17H,5-7,10,12-14H2,1-4H3,(H,22,26)/t17-/m0/s1. The maximum Gasteiger partial charge on any atom is 0.238 e. The lowest BCUT2D eigenvalue weighted by atomic mass is 10.2. The third kappa shape index (κ3) is 6.48. The molecule has 0 aliphatic carbocycles. The lowest BCUT2D eigenvalue weighted by molar-refractivity contribution is -0.130. The molecule has 1 atom stereocenters. The molecule has 0 unspecified atom stereocenters. The largest absolute Gasteiger partial charge is 0.348 e. The van der Waals surface area contributed by atoms with Crippen molar-refractivity contribution in [2.75, 3.05) is 52.1 Å². The van der Waals surface area contributed by atoms with Crippen LogP contribution in [0.2, 0.25) is 5.02 Å². The van der Waals surface area contributed by atoms with Gasteiger partial charge < -0.3 is 10.2 Å². The summed E-state index contributed by atoms with van der Waals surface area (Å²) in [6, 6.07) is 5.86. The highest BCUT2D eigenvalue weighted by atomic mass is 35.5. The van der Waals surface area contributed by atoms with Crippen LogP contribution >= 0.6 is 11.6 Å². The second-order valence-electron chi connectivity index (χ2n) is 7.39. The molecule has 0 aromatic heterocycles. The predicted molar refractivity (Wildman–Crippen MR) is 110 cm³/mol. The first-order valence-corrected chi connectivity index (χ1v) is 9.90. The molecule has 1 aromatic rings. The number of anilines is 1. The van der Waals surface area contributed by atoms with Gasteiger partial charge in [-0.15, -0.1) is 0 Å². The van der Waals surface area contributed by atoms with Crippen LogP contribution in [-0.2, 0) is 9.59 Å². The zero-order valence-corrected chi connectivity index (χ0v) is 17.6. The van der Waals surface area contributed by atoms with E-state index in [9.17, 15) is 9.59 Å². The van der Waals surface area contributed by atoms with Gasteiger partial charge in [0.15, 0.2) is 0 Å². The van der Waals surface area contributed by atoms with Gasteiger partial charge in [0.2, 0.25) is 11.8 Å². The molecule has 1 aromatic carbocycles. The molecule has 0 bridgehead atoms. The van der Waals surface area contributed by atoms with Crippen molar-refractivity contribution in [1.82, 2.24) is 14.7 Å². The highest BCUT2D eigenvalue weighted by Gasteiger charge is 2.27. The Morgan fingerprint density at radius 2 is 2.04 bits per heavy atom. The second kappa shape index (κ2) is 10.1. The smallest absolute Gasteiger partial charge is 0.238 e. The van der Waals surface area contributed by atoms with Crippen LogP contribution in [0.25, 0.3) is 0 Å². The fraction of sp³-hybridized carbons (Fsp3) is 0.600. The van der Waals surface area contributed by atoms with Gasteiger partial charge in [-0.3, -0.25) is 19.4 Å². The van der Waals surface area contributed by atoms with E-state index in [1.165, 1.54) is 6.42 Å². The monoisotopic (exact) mass is 394 g/mol. The van der Waals surface area contributed by atoms with Crippen LogP contribution in [0.3, 0.4) is 0 Å². The average molecular weight is 395 g/mol. The Labute approximate surface area is 167 Å². The van der Waals surface area contributed by atoms with Crippen molar-refractivity contribution in [3.63, 3.8) is 0 Å². The van der Waals surface area contributed by atoms with E-state index in [0.29, 0.717) is 16.8 Å². The molecule has 1 aliphatic heterocycles. The van der Waals surface area contributed by atoms with Crippen LogP contribution in [-0.4, -0.2) is 79.4 Å². The van der Waals surface area contributed by atoms with E-state index < -0.39 is 0 Å². The summed E-state index contributed by atoms with van der Waals surface area (Å²) in [5.41, 5.74) is 1.64. The molecule has 27 heavy (non-hydrogen) atoms. The Hall–Kier alpha value is -1.63. The number of nitrogens with zero attached hydrogens (tertiary/aromatic N) is 3. The van der Waals surface area contributed by atoms with Gasteiger partial charge >= 0.3 is 0 Å². The number of likely N-dealkylation sites (N-methyl/N-ethyl adjacent to an activating group) is 2. The number of rotatable bonds is 8. The normalized spacial score (nSPS) is 17.3. The van der Waals surface area contributed by atoms with E-state index in [1.807, 2.05) is 24.0 Å². The van der Waals surface area contributed by atoms with Crippen molar-refractivity contribution in [3.8, 4) is 0 Å². The van der Waals surface area contributed by atoms with E-state index in [2.05, 4.69) is 17.1 Å². The van der Waals surface area contributed by atoms with Crippen LogP contribution in [0, 0.1) is 6.92 Å². The number of amides is 2. The van der Waals surface area contributed by atoms with Crippen molar-refractivity contribution in [2.45, 2.75) is 32.7 Å². The van der Waals surface area contributed by atoms with Crippen LogP contribution in [0.15, 0.2) is 18.2 Å². The third-order valence-electron chi connectivity index (χ3n) is 5.05. The van der Waals surface area contributed by atoms with E-state index in [4.69, 9.17) is 11.6 Å². The maximum absolute atomic E-state index is 12.6. The summed E-state index contributed by atoms with van der Waals surface area (Å²) in [5, 5.41) is 3.51. The minimum absolute atomic E-state index is 0.00206. The average Bonchev–Trinajstić information content (AvgIpc) is 3.05. The first-order valence-electron chi connectivity index (χ1n) is 9.52. The van der Waals surface area contributed by atoms with Crippen LogP contribution < -0.4 is 5.32 Å². The van der Waals surface area contributed by atoms with Gasteiger partial charge in [0, 0.05) is 37.4 Å². The molecule has 0 radical (unpaired) electrons. The molecular formula is C20H31ClN4O2. The summed E-state index contributed by atoms with van der Waals surface area (Å²) in [4.78, 5) is 30.7. The van der Waals surface area contributed by atoms with E-state index in [0.717, 1.165) is 31.6 Å². The molecule has 0 saturated carbocycles. The van der Waals surface area contributed by atoms with Crippen molar-refractivity contribution < 1.29 is 9.59 Å². The van der Waals surface area contributed by atoms with Gasteiger partial charge in [-0.25, -0.2) is 0 Å². The summed E-state index contributed by atoms with van der Waals surface area (Å²) >= 11 is 6.13. The molecular weight excluding hydrogens is 364 g/mol. The first-order chi connectivity index (χ1) is 12.8. The highest BCUT2D eigenvalue weighted by molar-refractivity contribution is 6.31. The lowest BCUT2D eigenvalue weighted by Gasteiger charge is -2.30. The van der Waals surface area contributed by atoms with Gasteiger partial charge in [-0.1, -0.05) is 24.6 Å². The number of likely N-dealkylation sites (tertiary alicyclic amines) is 1. The van der Waals surface area contributed by atoms with E-state index in [-0.39, 0.29) is 24.9 Å². The molecule has 1 fully saturated rings.